The van der Waals surface area contributed by atoms with Gasteiger partial charge in [-0.3, -0.25) is 0 Å². The summed E-state index contributed by atoms with van der Waals surface area (Å²) in [4.78, 5) is 5.66. The molecule has 3 nitrogen and oxygen atoms in total. The van der Waals surface area contributed by atoms with E-state index in [9.17, 15) is 0 Å². The number of hydrogen-bond donors (Lipinski definition) is 1. The number of nitrogens with two attached hydrogens (primary N) is 1. The summed E-state index contributed by atoms with van der Waals surface area (Å²) >= 11 is 1.74. The lowest BCUT2D eigenvalue weighted by molar-refractivity contribution is 0.414. The molecule has 0 atom stereocenters. The number of ether oxygens (including phenoxy) is 1. The molecule has 2 N–H and O–H groups in total. The van der Waals surface area contributed by atoms with Gasteiger partial charge < -0.3 is 10.5 Å². The number of aromatic nitrogens is 1. The first-order valence-corrected chi connectivity index (χ1v) is 6.40. The highest BCUT2D eigenvalue weighted by Crippen LogP contribution is 2.19. The van der Waals surface area contributed by atoms with Gasteiger partial charge in [-0.15, -0.1) is 11.3 Å². The molecular formula is C13H16N2OS. The number of methoxy groups -OCH3 is 1. The van der Waals surface area contributed by atoms with Crippen molar-refractivity contribution in [2.45, 2.75) is 12.8 Å². The van der Waals surface area contributed by atoms with Gasteiger partial charge in [0.05, 0.1) is 12.1 Å². The van der Waals surface area contributed by atoms with E-state index < -0.39 is 0 Å². The van der Waals surface area contributed by atoms with Gasteiger partial charge in [0, 0.05) is 17.5 Å². The van der Waals surface area contributed by atoms with Crippen LogP contribution in [0.3, 0.4) is 0 Å². The topological polar surface area (TPSA) is 48.1 Å². The van der Waals surface area contributed by atoms with Crippen molar-refractivity contribution in [2.24, 2.45) is 5.73 Å². The molecule has 0 saturated heterocycles. The van der Waals surface area contributed by atoms with E-state index >= 15 is 0 Å². The van der Waals surface area contributed by atoms with Gasteiger partial charge >= 0.3 is 0 Å². The predicted molar refractivity (Wildman–Crippen MR) is 70.7 cm³/mol. The number of nitrogens with zero attached hydrogens (tertiary/aromatic N) is 1. The molecule has 1 aromatic carbocycles. The summed E-state index contributed by atoms with van der Waals surface area (Å²) in [6, 6.07) is 8.10. The van der Waals surface area contributed by atoms with Crippen molar-refractivity contribution in [1.29, 1.82) is 0 Å². The van der Waals surface area contributed by atoms with Gasteiger partial charge in [-0.2, -0.15) is 0 Å². The van der Waals surface area contributed by atoms with E-state index in [4.69, 9.17) is 10.5 Å². The molecule has 90 valence electrons. The Morgan fingerprint density at radius 1 is 1.29 bits per heavy atom. The Hall–Kier alpha value is -1.39. The van der Waals surface area contributed by atoms with E-state index in [-0.39, 0.29) is 0 Å². The molecule has 0 aliphatic carbocycles. The number of thiazole rings is 1. The predicted octanol–water partition coefficient (Wildman–Crippen LogP) is 2.24. The van der Waals surface area contributed by atoms with Gasteiger partial charge in [0.15, 0.2) is 0 Å². The summed E-state index contributed by atoms with van der Waals surface area (Å²) in [5, 5.41) is 1.14. The van der Waals surface area contributed by atoms with Crippen molar-refractivity contribution in [3.05, 3.63) is 45.9 Å². The van der Waals surface area contributed by atoms with Crippen LogP contribution < -0.4 is 10.5 Å². The first-order chi connectivity index (χ1) is 8.31. The maximum atomic E-state index is 5.52. The van der Waals surface area contributed by atoms with Gasteiger partial charge in [0.1, 0.15) is 5.75 Å². The summed E-state index contributed by atoms with van der Waals surface area (Å²) in [5.41, 5.74) is 6.77. The fourth-order valence-corrected chi connectivity index (χ4v) is 2.58. The lowest BCUT2D eigenvalue weighted by Crippen LogP contribution is -2.00. The molecule has 1 aromatic heterocycles. The highest BCUT2D eigenvalue weighted by Gasteiger charge is 2.03. The van der Waals surface area contributed by atoms with Gasteiger partial charge in [0.2, 0.25) is 0 Å². The third-order valence-electron chi connectivity index (χ3n) is 2.51. The molecule has 1 heterocycles. The zero-order chi connectivity index (χ0) is 12.1. The third-order valence-corrected chi connectivity index (χ3v) is 3.56. The second-order valence-electron chi connectivity index (χ2n) is 3.78. The van der Waals surface area contributed by atoms with Crippen LogP contribution in [0.5, 0.6) is 5.75 Å². The Morgan fingerprint density at radius 3 is 2.71 bits per heavy atom. The molecule has 0 unspecified atom stereocenters. The van der Waals surface area contributed by atoms with Crippen molar-refractivity contribution in [2.75, 3.05) is 13.7 Å². The molecule has 4 heteroatoms. The zero-order valence-corrected chi connectivity index (χ0v) is 10.7. The number of benzene rings is 1. The standard InChI is InChI=1S/C13H16N2OS/c1-16-11-4-2-10(3-5-11)8-13-15-9-12(17-13)6-7-14/h2-5,9H,6-8,14H2,1H3. The summed E-state index contributed by atoms with van der Waals surface area (Å²) in [6.45, 7) is 0.685. The Bertz CT molecular complexity index is 465. The first-order valence-electron chi connectivity index (χ1n) is 5.58. The average Bonchev–Trinajstić information content (AvgIpc) is 2.78. The molecule has 0 spiro atoms. The van der Waals surface area contributed by atoms with Crippen LogP contribution in [0.4, 0.5) is 0 Å². The summed E-state index contributed by atoms with van der Waals surface area (Å²) < 4.78 is 5.13. The Morgan fingerprint density at radius 2 is 2.06 bits per heavy atom. The van der Waals surface area contributed by atoms with Crippen LogP contribution in [0.15, 0.2) is 30.5 Å². The monoisotopic (exact) mass is 248 g/mol. The SMILES string of the molecule is COc1ccc(Cc2ncc(CCN)s2)cc1. The minimum Gasteiger partial charge on any atom is -0.497 e. The number of hydrogen-bond acceptors (Lipinski definition) is 4. The average molecular weight is 248 g/mol. The van der Waals surface area contributed by atoms with Crippen molar-refractivity contribution < 1.29 is 4.74 Å². The zero-order valence-electron chi connectivity index (χ0n) is 9.85. The largest absolute Gasteiger partial charge is 0.497 e. The first kappa shape index (κ1) is 12.1. The Labute approximate surface area is 105 Å². The van der Waals surface area contributed by atoms with Crippen LogP contribution in [0, 0.1) is 0 Å². The second kappa shape index (κ2) is 5.80. The molecule has 0 amide bonds. The minimum atomic E-state index is 0.685. The molecule has 0 saturated carbocycles. The van der Waals surface area contributed by atoms with Crippen LogP contribution >= 0.6 is 11.3 Å². The molecule has 0 bridgehead atoms. The quantitative estimate of drug-likeness (QED) is 0.882. The van der Waals surface area contributed by atoms with E-state index in [1.54, 1.807) is 18.4 Å². The maximum Gasteiger partial charge on any atom is 0.118 e. The van der Waals surface area contributed by atoms with E-state index in [2.05, 4.69) is 17.1 Å². The van der Waals surface area contributed by atoms with E-state index in [0.717, 1.165) is 23.6 Å². The smallest absolute Gasteiger partial charge is 0.118 e. The number of rotatable bonds is 5. The summed E-state index contributed by atoms with van der Waals surface area (Å²) in [6.07, 6.45) is 3.72. The molecule has 0 fully saturated rings. The van der Waals surface area contributed by atoms with Crippen LogP contribution in [-0.4, -0.2) is 18.6 Å². The van der Waals surface area contributed by atoms with Crippen molar-refractivity contribution in [3.63, 3.8) is 0 Å². The molecule has 17 heavy (non-hydrogen) atoms. The van der Waals surface area contributed by atoms with Crippen molar-refractivity contribution in [3.8, 4) is 5.75 Å². The third kappa shape index (κ3) is 3.28. The minimum absolute atomic E-state index is 0.685. The fourth-order valence-electron chi connectivity index (χ4n) is 1.61. The summed E-state index contributed by atoms with van der Waals surface area (Å²) in [5.74, 6) is 0.886. The maximum absolute atomic E-state index is 5.52. The van der Waals surface area contributed by atoms with Gasteiger partial charge in [-0.25, -0.2) is 4.98 Å². The lowest BCUT2D eigenvalue weighted by Gasteiger charge is -2.01. The van der Waals surface area contributed by atoms with Gasteiger partial charge in [0.25, 0.3) is 0 Å². The molecule has 0 radical (unpaired) electrons. The van der Waals surface area contributed by atoms with E-state index in [0.29, 0.717) is 6.54 Å². The lowest BCUT2D eigenvalue weighted by atomic mass is 10.1. The van der Waals surface area contributed by atoms with Crippen molar-refractivity contribution in [1.82, 2.24) is 4.98 Å². The van der Waals surface area contributed by atoms with E-state index in [1.165, 1.54) is 10.4 Å². The Kier molecular flexibility index (Phi) is 4.12. The normalized spacial score (nSPS) is 10.5. The van der Waals surface area contributed by atoms with Crippen LogP contribution in [0.2, 0.25) is 0 Å². The van der Waals surface area contributed by atoms with Gasteiger partial charge in [-0.1, -0.05) is 12.1 Å². The highest BCUT2D eigenvalue weighted by atomic mass is 32.1. The van der Waals surface area contributed by atoms with Gasteiger partial charge in [-0.05, 0) is 30.7 Å². The second-order valence-corrected chi connectivity index (χ2v) is 4.98. The van der Waals surface area contributed by atoms with Crippen LogP contribution in [0.1, 0.15) is 15.4 Å². The summed E-state index contributed by atoms with van der Waals surface area (Å²) in [7, 11) is 1.68. The Balaban J connectivity index is 2.03. The molecule has 0 aliphatic heterocycles. The fraction of sp³-hybridized carbons (Fsp3) is 0.308. The molecule has 0 aliphatic rings. The highest BCUT2D eigenvalue weighted by molar-refractivity contribution is 7.11. The molecular weight excluding hydrogens is 232 g/mol. The van der Waals surface area contributed by atoms with Crippen LogP contribution in [-0.2, 0) is 12.8 Å². The molecule has 2 aromatic rings. The van der Waals surface area contributed by atoms with Crippen molar-refractivity contribution >= 4 is 11.3 Å². The molecule has 2 rings (SSSR count). The van der Waals surface area contributed by atoms with E-state index in [1.807, 2.05) is 18.3 Å². The van der Waals surface area contributed by atoms with Crippen LogP contribution in [0.25, 0.3) is 0 Å².